The summed E-state index contributed by atoms with van der Waals surface area (Å²) < 4.78 is 4.51. The van der Waals surface area contributed by atoms with Crippen LogP contribution in [0.3, 0.4) is 0 Å². The monoisotopic (exact) mass is 255 g/mol. The number of hydrogen-bond acceptors (Lipinski definition) is 4. The Morgan fingerprint density at radius 3 is 2.22 bits per heavy atom. The van der Waals surface area contributed by atoms with E-state index in [1.165, 1.54) is 14.0 Å². The molecule has 0 atom stereocenters. The van der Waals surface area contributed by atoms with Gasteiger partial charge in [-0.25, -0.2) is 0 Å². The molecule has 0 radical (unpaired) electrons. The van der Waals surface area contributed by atoms with Gasteiger partial charge in [0.2, 0.25) is 5.91 Å². The number of hydrogen-bond donors (Lipinski definition) is 1. The number of allylic oxidation sites excluding steroid dienone is 2. The Morgan fingerprint density at radius 2 is 1.72 bits per heavy atom. The Kier molecular flexibility index (Phi) is 8.53. The van der Waals surface area contributed by atoms with Crippen LogP contribution >= 0.6 is 0 Å². The number of carbonyl (C=O) groups excluding carboxylic acids is 3. The maximum Gasteiger partial charge on any atom is 0.305 e. The molecule has 0 aliphatic carbocycles. The number of rotatable bonds is 8. The van der Waals surface area contributed by atoms with Crippen LogP contribution in [0.4, 0.5) is 0 Å². The first kappa shape index (κ1) is 16.4. The molecule has 0 bridgehead atoms. The molecule has 0 aromatic rings. The summed E-state index contributed by atoms with van der Waals surface area (Å²) in [5.74, 6) is -0.554. The minimum absolute atomic E-state index is 0.0780. The van der Waals surface area contributed by atoms with Crippen molar-refractivity contribution in [2.45, 2.75) is 46.0 Å². The van der Waals surface area contributed by atoms with Crippen molar-refractivity contribution in [3.63, 3.8) is 0 Å². The van der Waals surface area contributed by atoms with E-state index in [9.17, 15) is 14.4 Å². The molecule has 1 N–H and O–H groups in total. The van der Waals surface area contributed by atoms with E-state index < -0.39 is 0 Å². The molecule has 18 heavy (non-hydrogen) atoms. The van der Waals surface area contributed by atoms with Crippen LogP contribution in [0.15, 0.2) is 11.8 Å². The first-order valence-corrected chi connectivity index (χ1v) is 6.05. The zero-order valence-electron chi connectivity index (χ0n) is 11.2. The predicted molar refractivity (Wildman–Crippen MR) is 67.7 cm³/mol. The second kappa shape index (κ2) is 9.39. The summed E-state index contributed by atoms with van der Waals surface area (Å²) in [5, 5.41) is 2.50. The number of ketones is 1. The van der Waals surface area contributed by atoms with Crippen LogP contribution in [0, 0.1) is 0 Å². The van der Waals surface area contributed by atoms with E-state index in [0.29, 0.717) is 31.4 Å². The van der Waals surface area contributed by atoms with Crippen LogP contribution in [0.1, 0.15) is 46.0 Å². The molecule has 0 saturated carbocycles. The Bertz CT molecular complexity index is 334. The van der Waals surface area contributed by atoms with Crippen molar-refractivity contribution in [3.8, 4) is 0 Å². The van der Waals surface area contributed by atoms with Gasteiger partial charge in [0.05, 0.1) is 12.8 Å². The summed E-state index contributed by atoms with van der Waals surface area (Å²) in [5.41, 5.74) is 0.343. The van der Waals surface area contributed by atoms with Crippen molar-refractivity contribution in [1.82, 2.24) is 5.32 Å². The maximum atomic E-state index is 11.7. The van der Waals surface area contributed by atoms with Crippen LogP contribution in [0.25, 0.3) is 0 Å². The van der Waals surface area contributed by atoms with Crippen molar-refractivity contribution in [2.24, 2.45) is 0 Å². The van der Waals surface area contributed by atoms with Crippen molar-refractivity contribution in [2.75, 3.05) is 7.11 Å². The van der Waals surface area contributed by atoms with Crippen molar-refractivity contribution in [3.05, 3.63) is 11.8 Å². The fraction of sp³-hybridized carbons (Fsp3) is 0.615. The molecule has 5 heteroatoms. The minimum atomic E-state index is -0.248. The first-order chi connectivity index (χ1) is 8.51. The molecule has 0 rings (SSSR count). The highest BCUT2D eigenvalue weighted by Crippen LogP contribution is 2.07. The van der Waals surface area contributed by atoms with Gasteiger partial charge in [0.15, 0.2) is 5.78 Å². The van der Waals surface area contributed by atoms with Crippen LogP contribution in [0.5, 0.6) is 0 Å². The van der Waals surface area contributed by atoms with Gasteiger partial charge in [-0.1, -0.05) is 12.5 Å². The zero-order chi connectivity index (χ0) is 14.0. The molecule has 0 spiro atoms. The third kappa shape index (κ3) is 7.60. The molecule has 0 unspecified atom stereocenters. The Morgan fingerprint density at radius 1 is 1.11 bits per heavy atom. The normalized spacial score (nSPS) is 10.9. The summed E-state index contributed by atoms with van der Waals surface area (Å²) >= 11 is 0. The van der Waals surface area contributed by atoms with Gasteiger partial charge >= 0.3 is 5.97 Å². The molecule has 102 valence electrons. The van der Waals surface area contributed by atoms with E-state index in [-0.39, 0.29) is 17.7 Å². The van der Waals surface area contributed by atoms with Gasteiger partial charge in [-0.05, 0) is 19.8 Å². The summed E-state index contributed by atoms with van der Waals surface area (Å²) in [7, 11) is 1.36. The van der Waals surface area contributed by atoms with E-state index in [2.05, 4.69) is 10.1 Å². The SMILES string of the molecule is C/C=C(\NC(C)=O)C(=O)CCCCCC(=O)OC. The first-order valence-electron chi connectivity index (χ1n) is 6.05. The van der Waals surface area contributed by atoms with E-state index in [1.54, 1.807) is 13.0 Å². The smallest absolute Gasteiger partial charge is 0.305 e. The second-order valence-corrected chi connectivity index (χ2v) is 3.94. The van der Waals surface area contributed by atoms with Gasteiger partial charge in [0.25, 0.3) is 0 Å². The van der Waals surface area contributed by atoms with E-state index in [1.807, 2.05) is 0 Å². The fourth-order valence-corrected chi connectivity index (χ4v) is 1.46. The second-order valence-electron chi connectivity index (χ2n) is 3.94. The lowest BCUT2D eigenvalue weighted by Crippen LogP contribution is -2.24. The largest absolute Gasteiger partial charge is 0.469 e. The molecule has 0 fully saturated rings. The standard InChI is InChI=1S/C13H21NO4/c1-4-11(14-10(2)15)12(16)8-6-5-7-9-13(17)18-3/h4H,5-9H2,1-3H3,(H,14,15)/b11-4-. The zero-order valence-corrected chi connectivity index (χ0v) is 11.2. The van der Waals surface area contributed by atoms with Crippen LogP contribution in [-0.4, -0.2) is 24.8 Å². The summed E-state index contributed by atoms with van der Waals surface area (Å²) in [6.07, 6.45) is 4.56. The molecule has 0 saturated heterocycles. The molecule has 1 amide bonds. The Labute approximate surface area is 108 Å². The molecular weight excluding hydrogens is 234 g/mol. The van der Waals surface area contributed by atoms with Crippen LogP contribution in [0.2, 0.25) is 0 Å². The maximum absolute atomic E-state index is 11.7. The lowest BCUT2D eigenvalue weighted by atomic mass is 10.1. The summed E-state index contributed by atoms with van der Waals surface area (Å²) in [6.45, 7) is 3.08. The summed E-state index contributed by atoms with van der Waals surface area (Å²) in [6, 6.07) is 0. The van der Waals surface area contributed by atoms with Gasteiger partial charge in [0, 0.05) is 19.8 Å². The van der Waals surface area contributed by atoms with Crippen LogP contribution in [-0.2, 0) is 19.1 Å². The third-order valence-corrected chi connectivity index (χ3v) is 2.41. The minimum Gasteiger partial charge on any atom is -0.469 e. The van der Waals surface area contributed by atoms with Gasteiger partial charge in [-0.15, -0.1) is 0 Å². The number of esters is 1. The predicted octanol–water partition coefficient (Wildman–Crippen LogP) is 1.72. The summed E-state index contributed by atoms with van der Waals surface area (Å²) in [4.78, 5) is 33.4. The number of amides is 1. The highest BCUT2D eigenvalue weighted by Gasteiger charge is 2.09. The Balaban J connectivity index is 3.82. The lowest BCUT2D eigenvalue weighted by molar-refractivity contribution is -0.140. The molecule has 0 heterocycles. The molecule has 5 nitrogen and oxygen atoms in total. The molecule has 0 aromatic heterocycles. The molecular formula is C13H21NO4. The molecule has 0 aliphatic rings. The number of unbranched alkanes of at least 4 members (excludes halogenated alkanes) is 2. The fourth-order valence-electron chi connectivity index (χ4n) is 1.46. The van der Waals surface area contributed by atoms with Crippen molar-refractivity contribution < 1.29 is 19.1 Å². The average Bonchev–Trinajstić information content (AvgIpc) is 2.34. The molecule has 0 aliphatic heterocycles. The number of nitrogens with one attached hydrogen (secondary N) is 1. The quantitative estimate of drug-likeness (QED) is 0.407. The average molecular weight is 255 g/mol. The van der Waals surface area contributed by atoms with E-state index >= 15 is 0 Å². The highest BCUT2D eigenvalue weighted by atomic mass is 16.5. The number of Topliss-reactive ketones (excluding diaryl/α,β-unsaturated/α-hetero) is 1. The number of methoxy groups -OCH3 is 1. The van der Waals surface area contributed by atoms with Gasteiger partial charge in [0.1, 0.15) is 0 Å². The molecule has 0 aromatic carbocycles. The number of ether oxygens (including phenoxy) is 1. The number of carbonyl (C=O) groups is 3. The highest BCUT2D eigenvalue weighted by molar-refractivity contribution is 5.98. The van der Waals surface area contributed by atoms with Crippen molar-refractivity contribution in [1.29, 1.82) is 0 Å². The van der Waals surface area contributed by atoms with E-state index in [4.69, 9.17) is 0 Å². The van der Waals surface area contributed by atoms with Gasteiger partial charge in [-0.2, -0.15) is 0 Å². The third-order valence-electron chi connectivity index (χ3n) is 2.41. The van der Waals surface area contributed by atoms with E-state index in [0.717, 1.165) is 6.42 Å². The van der Waals surface area contributed by atoms with Crippen LogP contribution < -0.4 is 5.32 Å². The van der Waals surface area contributed by atoms with Crippen molar-refractivity contribution >= 4 is 17.7 Å². The Hall–Kier alpha value is -1.65. The topological polar surface area (TPSA) is 72.5 Å². The van der Waals surface area contributed by atoms with Gasteiger partial charge in [-0.3, -0.25) is 14.4 Å². The lowest BCUT2D eigenvalue weighted by Gasteiger charge is -2.06. The van der Waals surface area contributed by atoms with Gasteiger partial charge < -0.3 is 10.1 Å².